The van der Waals surface area contributed by atoms with Crippen molar-refractivity contribution in [2.75, 3.05) is 5.32 Å². The number of aromatic nitrogens is 1. The van der Waals surface area contributed by atoms with Crippen molar-refractivity contribution in [2.45, 2.75) is 39.2 Å². The molecule has 0 spiro atoms. The molecule has 1 amide bonds. The summed E-state index contributed by atoms with van der Waals surface area (Å²) in [4.78, 5) is 16.0. The van der Waals surface area contributed by atoms with E-state index in [4.69, 9.17) is 5.73 Å². The van der Waals surface area contributed by atoms with Gasteiger partial charge in [0, 0.05) is 18.2 Å². The molecule has 0 saturated heterocycles. The summed E-state index contributed by atoms with van der Waals surface area (Å²) in [6.07, 6.45) is 4.45. The summed E-state index contributed by atoms with van der Waals surface area (Å²) in [5, 5.41) is 2.87. The third-order valence-electron chi connectivity index (χ3n) is 2.76. The highest BCUT2D eigenvalue weighted by molar-refractivity contribution is 9.10. The van der Waals surface area contributed by atoms with E-state index in [-0.39, 0.29) is 17.9 Å². The number of halogens is 1. The third kappa shape index (κ3) is 5.14. The van der Waals surface area contributed by atoms with Crippen molar-refractivity contribution < 1.29 is 4.79 Å². The summed E-state index contributed by atoms with van der Waals surface area (Å²) < 4.78 is 0.654. The molecule has 4 nitrogen and oxygen atoms in total. The molecule has 5 heteroatoms. The van der Waals surface area contributed by atoms with E-state index >= 15 is 0 Å². The first kappa shape index (κ1) is 15.1. The Morgan fingerprint density at radius 2 is 2.22 bits per heavy atom. The van der Waals surface area contributed by atoms with E-state index in [1.807, 2.05) is 19.9 Å². The van der Waals surface area contributed by atoms with Crippen LogP contribution in [0.25, 0.3) is 0 Å². The molecular formula is C13H20BrN3O. The number of nitrogens with one attached hydrogen (secondary N) is 1. The number of amides is 1. The van der Waals surface area contributed by atoms with Crippen molar-refractivity contribution in [1.29, 1.82) is 0 Å². The summed E-state index contributed by atoms with van der Waals surface area (Å²) in [6, 6.07) is 3.82. The minimum atomic E-state index is -0.0177. The molecule has 1 aromatic heterocycles. The predicted molar refractivity (Wildman–Crippen MR) is 77.2 cm³/mol. The molecule has 0 aliphatic carbocycles. The second kappa shape index (κ2) is 7.48. The van der Waals surface area contributed by atoms with E-state index < -0.39 is 0 Å². The zero-order valence-electron chi connectivity index (χ0n) is 10.8. The largest absolute Gasteiger partial charge is 0.328 e. The maximum atomic E-state index is 11.9. The lowest BCUT2D eigenvalue weighted by Crippen LogP contribution is -2.21. The zero-order chi connectivity index (χ0) is 13.5. The predicted octanol–water partition coefficient (Wildman–Crippen LogP) is 2.94. The molecule has 1 rings (SSSR count). The molecule has 0 aliphatic heterocycles. The fourth-order valence-electron chi connectivity index (χ4n) is 1.61. The molecule has 2 atom stereocenters. The van der Waals surface area contributed by atoms with Gasteiger partial charge in [-0.05, 0) is 47.8 Å². The van der Waals surface area contributed by atoms with Crippen LogP contribution in [0.5, 0.6) is 0 Å². The molecule has 2 unspecified atom stereocenters. The summed E-state index contributed by atoms with van der Waals surface area (Å²) in [5.41, 5.74) is 6.39. The van der Waals surface area contributed by atoms with Crippen molar-refractivity contribution in [2.24, 2.45) is 11.7 Å². The molecule has 0 fully saturated rings. The van der Waals surface area contributed by atoms with Crippen LogP contribution in [0.15, 0.2) is 22.9 Å². The van der Waals surface area contributed by atoms with Gasteiger partial charge in [0.25, 0.3) is 0 Å². The fourth-order valence-corrected chi connectivity index (χ4v) is 1.96. The first-order valence-corrected chi connectivity index (χ1v) is 6.97. The SMILES string of the molecule is CC(N)CCCC(C)C(=O)Nc1cccnc1Br. The average Bonchev–Trinajstić information content (AvgIpc) is 2.31. The van der Waals surface area contributed by atoms with Crippen molar-refractivity contribution in [3.8, 4) is 0 Å². The van der Waals surface area contributed by atoms with Crippen LogP contribution in [0.1, 0.15) is 33.1 Å². The number of anilines is 1. The van der Waals surface area contributed by atoms with Gasteiger partial charge in [0.05, 0.1) is 5.69 Å². The lowest BCUT2D eigenvalue weighted by atomic mass is 10.0. The maximum absolute atomic E-state index is 11.9. The first-order valence-electron chi connectivity index (χ1n) is 6.17. The third-order valence-corrected chi connectivity index (χ3v) is 3.39. The van der Waals surface area contributed by atoms with Crippen LogP contribution in [-0.2, 0) is 4.79 Å². The Balaban J connectivity index is 2.43. The second-order valence-electron chi connectivity index (χ2n) is 4.64. The number of pyridine rings is 1. The van der Waals surface area contributed by atoms with Gasteiger partial charge in [0.15, 0.2) is 0 Å². The quantitative estimate of drug-likeness (QED) is 0.793. The van der Waals surface area contributed by atoms with Crippen molar-refractivity contribution in [3.63, 3.8) is 0 Å². The number of rotatable bonds is 6. The minimum absolute atomic E-state index is 0.0177. The standard InChI is InChI=1S/C13H20BrN3O/c1-9(5-3-6-10(2)15)13(18)17-11-7-4-8-16-12(11)14/h4,7-10H,3,5-6,15H2,1-2H3,(H,17,18). The lowest BCUT2D eigenvalue weighted by Gasteiger charge is -2.13. The smallest absolute Gasteiger partial charge is 0.227 e. The van der Waals surface area contributed by atoms with Crippen molar-refractivity contribution in [3.05, 3.63) is 22.9 Å². The number of carbonyl (C=O) groups excluding carboxylic acids is 1. The van der Waals surface area contributed by atoms with Gasteiger partial charge in [-0.15, -0.1) is 0 Å². The van der Waals surface area contributed by atoms with Crippen LogP contribution in [-0.4, -0.2) is 16.9 Å². The molecule has 18 heavy (non-hydrogen) atoms. The van der Waals surface area contributed by atoms with Crippen LogP contribution in [0.4, 0.5) is 5.69 Å². The Kier molecular flexibility index (Phi) is 6.29. The molecule has 1 heterocycles. The van der Waals surface area contributed by atoms with Gasteiger partial charge in [0.2, 0.25) is 5.91 Å². The summed E-state index contributed by atoms with van der Waals surface area (Å²) in [5.74, 6) is 0.00392. The van der Waals surface area contributed by atoms with E-state index in [2.05, 4.69) is 26.2 Å². The van der Waals surface area contributed by atoms with E-state index in [1.165, 1.54) is 0 Å². The van der Waals surface area contributed by atoms with E-state index in [0.717, 1.165) is 19.3 Å². The monoisotopic (exact) mass is 313 g/mol. The molecule has 1 aromatic rings. The van der Waals surface area contributed by atoms with Gasteiger partial charge < -0.3 is 11.1 Å². The topological polar surface area (TPSA) is 68.0 Å². The zero-order valence-corrected chi connectivity index (χ0v) is 12.4. The summed E-state index contributed by atoms with van der Waals surface area (Å²) in [7, 11) is 0. The molecule has 0 bridgehead atoms. The van der Waals surface area contributed by atoms with Gasteiger partial charge in [0.1, 0.15) is 4.60 Å². The van der Waals surface area contributed by atoms with Crippen LogP contribution >= 0.6 is 15.9 Å². The molecule has 100 valence electrons. The Hall–Kier alpha value is -0.940. The molecule has 0 radical (unpaired) electrons. The van der Waals surface area contributed by atoms with Gasteiger partial charge in [-0.25, -0.2) is 4.98 Å². The second-order valence-corrected chi connectivity index (χ2v) is 5.39. The first-order chi connectivity index (χ1) is 8.50. The minimum Gasteiger partial charge on any atom is -0.328 e. The Morgan fingerprint density at radius 3 is 2.83 bits per heavy atom. The highest BCUT2D eigenvalue weighted by Crippen LogP contribution is 2.20. The van der Waals surface area contributed by atoms with Gasteiger partial charge >= 0.3 is 0 Å². The highest BCUT2D eigenvalue weighted by atomic mass is 79.9. The maximum Gasteiger partial charge on any atom is 0.227 e. The summed E-state index contributed by atoms with van der Waals surface area (Å²) in [6.45, 7) is 3.91. The van der Waals surface area contributed by atoms with E-state index in [0.29, 0.717) is 10.3 Å². The number of hydrogen-bond acceptors (Lipinski definition) is 3. The van der Waals surface area contributed by atoms with E-state index in [1.54, 1.807) is 12.3 Å². The number of nitrogens with zero attached hydrogens (tertiary/aromatic N) is 1. The summed E-state index contributed by atoms with van der Waals surface area (Å²) >= 11 is 3.30. The van der Waals surface area contributed by atoms with Crippen LogP contribution in [0.3, 0.4) is 0 Å². The van der Waals surface area contributed by atoms with Crippen LogP contribution in [0.2, 0.25) is 0 Å². The normalized spacial score (nSPS) is 14.0. The van der Waals surface area contributed by atoms with Gasteiger partial charge in [-0.1, -0.05) is 13.3 Å². The highest BCUT2D eigenvalue weighted by Gasteiger charge is 2.14. The Bertz CT molecular complexity index is 396. The number of nitrogens with two attached hydrogens (primary N) is 1. The molecular weight excluding hydrogens is 294 g/mol. The van der Waals surface area contributed by atoms with Crippen LogP contribution < -0.4 is 11.1 Å². The Morgan fingerprint density at radius 1 is 1.50 bits per heavy atom. The van der Waals surface area contributed by atoms with Gasteiger partial charge in [-0.2, -0.15) is 0 Å². The van der Waals surface area contributed by atoms with Crippen LogP contribution in [0, 0.1) is 5.92 Å². The fraction of sp³-hybridized carbons (Fsp3) is 0.538. The average molecular weight is 314 g/mol. The van der Waals surface area contributed by atoms with E-state index in [9.17, 15) is 4.79 Å². The number of carbonyl (C=O) groups is 1. The molecule has 0 saturated carbocycles. The van der Waals surface area contributed by atoms with Crippen molar-refractivity contribution >= 4 is 27.5 Å². The van der Waals surface area contributed by atoms with Gasteiger partial charge in [-0.3, -0.25) is 4.79 Å². The molecule has 0 aliphatic rings. The number of hydrogen-bond donors (Lipinski definition) is 2. The molecule has 3 N–H and O–H groups in total. The van der Waals surface area contributed by atoms with Crippen molar-refractivity contribution in [1.82, 2.24) is 4.98 Å². The Labute approximate surface area is 116 Å². The molecule has 0 aromatic carbocycles. The lowest BCUT2D eigenvalue weighted by molar-refractivity contribution is -0.119.